The van der Waals surface area contributed by atoms with Gasteiger partial charge in [0.2, 0.25) is 5.91 Å². The summed E-state index contributed by atoms with van der Waals surface area (Å²) in [5, 5.41) is 14.6. The number of benzene rings is 2. The van der Waals surface area contributed by atoms with Crippen molar-refractivity contribution in [3.63, 3.8) is 0 Å². The summed E-state index contributed by atoms with van der Waals surface area (Å²) in [7, 11) is 0. The smallest absolute Gasteiger partial charge is 0.257 e. The van der Waals surface area contributed by atoms with Gasteiger partial charge in [0.1, 0.15) is 5.75 Å². The van der Waals surface area contributed by atoms with Crippen LogP contribution in [-0.4, -0.2) is 41.5 Å². The Morgan fingerprint density at radius 3 is 2.62 bits per heavy atom. The molecule has 0 spiro atoms. The fraction of sp³-hybridized carbons (Fsp3) is 0.250. The van der Waals surface area contributed by atoms with Crippen molar-refractivity contribution in [1.29, 1.82) is 0 Å². The molecule has 1 saturated heterocycles. The number of phenols is 1. The molecule has 108 valence electrons. The number of amides is 2. The van der Waals surface area contributed by atoms with Crippen LogP contribution in [0.2, 0.25) is 0 Å². The summed E-state index contributed by atoms with van der Waals surface area (Å²) < 4.78 is 0. The molecule has 5 heteroatoms. The molecule has 0 saturated carbocycles. The van der Waals surface area contributed by atoms with Crippen molar-refractivity contribution in [1.82, 2.24) is 10.2 Å². The van der Waals surface area contributed by atoms with E-state index in [9.17, 15) is 14.7 Å². The average molecular weight is 284 g/mol. The third kappa shape index (κ3) is 2.67. The number of aromatic hydroxyl groups is 1. The first-order chi connectivity index (χ1) is 10.1. The van der Waals surface area contributed by atoms with Gasteiger partial charge in [-0.2, -0.15) is 0 Å². The molecule has 0 radical (unpaired) electrons. The first kappa shape index (κ1) is 13.4. The second-order valence-electron chi connectivity index (χ2n) is 5.11. The van der Waals surface area contributed by atoms with Gasteiger partial charge in [0, 0.05) is 26.1 Å². The molecule has 3 rings (SSSR count). The molecule has 2 N–H and O–H groups in total. The molecule has 0 unspecified atom stereocenters. The van der Waals surface area contributed by atoms with E-state index in [0.29, 0.717) is 26.1 Å². The molecule has 1 heterocycles. The van der Waals surface area contributed by atoms with Crippen LogP contribution in [0.5, 0.6) is 5.75 Å². The Balaban J connectivity index is 1.93. The normalized spacial score (nSPS) is 15.6. The average Bonchev–Trinajstić information content (AvgIpc) is 2.70. The first-order valence-corrected chi connectivity index (χ1v) is 6.93. The summed E-state index contributed by atoms with van der Waals surface area (Å²) >= 11 is 0. The highest BCUT2D eigenvalue weighted by Crippen LogP contribution is 2.26. The van der Waals surface area contributed by atoms with Gasteiger partial charge in [0.25, 0.3) is 5.91 Å². The highest BCUT2D eigenvalue weighted by atomic mass is 16.3. The van der Waals surface area contributed by atoms with Gasteiger partial charge in [-0.05, 0) is 22.9 Å². The lowest BCUT2D eigenvalue weighted by atomic mass is 10.0. The predicted molar refractivity (Wildman–Crippen MR) is 79.1 cm³/mol. The molecule has 1 fully saturated rings. The van der Waals surface area contributed by atoms with E-state index < -0.39 is 0 Å². The Hall–Kier alpha value is -2.56. The van der Waals surface area contributed by atoms with E-state index in [4.69, 9.17) is 0 Å². The quantitative estimate of drug-likeness (QED) is 0.834. The van der Waals surface area contributed by atoms with Crippen molar-refractivity contribution in [2.75, 3.05) is 19.6 Å². The maximum Gasteiger partial charge on any atom is 0.257 e. The molecule has 2 aromatic rings. The predicted octanol–water partition coefficient (Wildman–Crippen LogP) is 1.51. The van der Waals surface area contributed by atoms with Crippen LogP contribution in [-0.2, 0) is 4.79 Å². The van der Waals surface area contributed by atoms with E-state index in [2.05, 4.69) is 5.32 Å². The molecule has 1 aliphatic rings. The number of carbonyl (C=O) groups excluding carboxylic acids is 2. The lowest BCUT2D eigenvalue weighted by molar-refractivity contribution is -0.120. The minimum atomic E-state index is -0.241. The highest BCUT2D eigenvalue weighted by Gasteiger charge is 2.22. The standard InChI is InChI=1S/C16H16N2O3/c19-14-10-12-4-2-1-3-11(12)9-13(14)16(21)18-7-5-15(20)17-6-8-18/h1-4,9-10,19H,5-8H2,(H,17,20). The van der Waals surface area contributed by atoms with Crippen molar-refractivity contribution >= 4 is 22.6 Å². The van der Waals surface area contributed by atoms with E-state index in [1.165, 1.54) is 0 Å². The van der Waals surface area contributed by atoms with E-state index >= 15 is 0 Å². The molecule has 21 heavy (non-hydrogen) atoms. The van der Waals surface area contributed by atoms with E-state index in [0.717, 1.165) is 10.8 Å². The fourth-order valence-electron chi connectivity index (χ4n) is 2.54. The molecule has 1 aliphatic heterocycles. The molecule has 0 bridgehead atoms. The maximum atomic E-state index is 12.6. The Kier molecular flexibility index (Phi) is 3.48. The number of hydrogen-bond donors (Lipinski definition) is 2. The van der Waals surface area contributed by atoms with Crippen molar-refractivity contribution < 1.29 is 14.7 Å². The van der Waals surface area contributed by atoms with Gasteiger partial charge in [0.05, 0.1) is 5.56 Å². The SMILES string of the molecule is O=C1CCN(C(=O)c2cc3ccccc3cc2O)CCN1. The monoisotopic (exact) mass is 284 g/mol. The van der Waals surface area contributed by atoms with E-state index in [1.807, 2.05) is 24.3 Å². The Morgan fingerprint density at radius 2 is 1.86 bits per heavy atom. The van der Waals surface area contributed by atoms with Crippen LogP contribution in [0.25, 0.3) is 10.8 Å². The number of rotatable bonds is 1. The molecule has 2 amide bonds. The van der Waals surface area contributed by atoms with Gasteiger partial charge in [-0.3, -0.25) is 9.59 Å². The van der Waals surface area contributed by atoms with Gasteiger partial charge in [-0.1, -0.05) is 24.3 Å². The van der Waals surface area contributed by atoms with Crippen LogP contribution in [0.15, 0.2) is 36.4 Å². The van der Waals surface area contributed by atoms with Crippen LogP contribution in [0, 0.1) is 0 Å². The molecule has 5 nitrogen and oxygen atoms in total. The number of nitrogens with zero attached hydrogens (tertiary/aromatic N) is 1. The molecule has 0 aromatic heterocycles. The largest absolute Gasteiger partial charge is 0.507 e. The first-order valence-electron chi connectivity index (χ1n) is 6.93. The summed E-state index contributed by atoms with van der Waals surface area (Å²) in [6.45, 7) is 1.27. The van der Waals surface area contributed by atoms with Crippen molar-refractivity contribution in [3.8, 4) is 5.75 Å². The minimum Gasteiger partial charge on any atom is -0.507 e. The van der Waals surface area contributed by atoms with Gasteiger partial charge in [0.15, 0.2) is 0 Å². The second kappa shape index (κ2) is 5.44. The van der Waals surface area contributed by atoms with Crippen molar-refractivity contribution in [3.05, 3.63) is 42.0 Å². The Labute approximate surface area is 122 Å². The maximum absolute atomic E-state index is 12.6. The molecular weight excluding hydrogens is 268 g/mol. The van der Waals surface area contributed by atoms with Gasteiger partial charge < -0.3 is 15.3 Å². The summed E-state index contributed by atoms with van der Waals surface area (Å²) in [6, 6.07) is 10.9. The third-order valence-corrected chi connectivity index (χ3v) is 3.69. The Morgan fingerprint density at radius 1 is 1.14 bits per heavy atom. The lowest BCUT2D eigenvalue weighted by Gasteiger charge is -2.20. The van der Waals surface area contributed by atoms with Crippen LogP contribution in [0.4, 0.5) is 0 Å². The molecule has 2 aromatic carbocycles. The second-order valence-corrected chi connectivity index (χ2v) is 5.11. The topological polar surface area (TPSA) is 69.6 Å². The van der Waals surface area contributed by atoms with E-state index in [1.54, 1.807) is 17.0 Å². The molecular formula is C16H16N2O3. The number of hydrogen-bond acceptors (Lipinski definition) is 3. The third-order valence-electron chi connectivity index (χ3n) is 3.69. The molecule has 0 atom stereocenters. The Bertz CT molecular complexity index is 712. The summed E-state index contributed by atoms with van der Waals surface area (Å²) in [4.78, 5) is 25.5. The zero-order valence-electron chi connectivity index (χ0n) is 11.5. The van der Waals surface area contributed by atoms with Crippen molar-refractivity contribution in [2.24, 2.45) is 0 Å². The van der Waals surface area contributed by atoms with Gasteiger partial charge >= 0.3 is 0 Å². The van der Waals surface area contributed by atoms with Crippen LogP contribution in [0.1, 0.15) is 16.8 Å². The van der Waals surface area contributed by atoms with Gasteiger partial charge in [-0.15, -0.1) is 0 Å². The number of fused-ring (bicyclic) bond motifs is 1. The fourth-order valence-corrected chi connectivity index (χ4v) is 2.54. The van der Waals surface area contributed by atoms with Crippen LogP contribution >= 0.6 is 0 Å². The number of phenolic OH excluding ortho intramolecular Hbond substituents is 1. The number of carbonyl (C=O) groups is 2. The number of nitrogens with one attached hydrogen (secondary N) is 1. The van der Waals surface area contributed by atoms with E-state index in [-0.39, 0.29) is 23.1 Å². The highest BCUT2D eigenvalue weighted by molar-refractivity contribution is 6.01. The zero-order chi connectivity index (χ0) is 14.8. The van der Waals surface area contributed by atoms with Crippen molar-refractivity contribution in [2.45, 2.75) is 6.42 Å². The lowest BCUT2D eigenvalue weighted by Crippen LogP contribution is -2.34. The van der Waals surface area contributed by atoms with Crippen LogP contribution in [0.3, 0.4) is 0 Å². The summed E-state index contributed by atoms with van der Waals surface area (Å²) in [6.07, 6.45) is 0.292. The van der Waals surface area contributed by atoms with Crippen LogP contribution < -0.4 is 5.32 Å². The molecule has 0 aliphatic carbocycles. The zero-order valence-corrected chi connectivity index (χ0v) is 11.5. The minimum absolute atomic E-state index is 0.0257. The summed E-state index contributed by atoms with van der Waals surface area (Å²) in [5.41, 5.74) is 0.281. The van der Waals surface area contributed by atoms with Gasteiger partial charge in [-0.25, -0.2) is 0 Å². The summed E-state index contributed by atoms with van der Waals surface area (Å²) in [5.74, 6) is -0.315.